The van der Waals surface area contributed by atoms with Crippen LogP contribution in [0.2, 0.25) is 0 Å². The van der Waals surface area contributed by atoms with Gasteiger partial charge in [0.1, 0.15) is 5.82 Å². The summed E-state index contributed by atoms with van der Waals surface area (Å²) in [6.07, 6.45) is 0. The van der Waals surface area contributed by atoms with Crippen molar-refractivity contribution in [2.24, 2.45) is 0 Å². The number of nitrogens with zero attached hydrogens (tertiary/aromatic N) is 3. The summed E-state index contributed by atoms with van der Waals surface area (Å²) in [7, 11) is 0. The molecule has 1 aliphatic rings. The van der Waals surface area contributed by atoms with Crippen molar-refractivity contribution in [3.05, 3.63) is 41.8 Å². The highest BCUT2D eigenvalue weighted by Gasteiger charge is 2.14. The SMILES string of the molecule is Fc1cccc(SCc2noc(CN3CCNCC3)n2)c1. The second kappa shape index (κ2) is 7.02. The second-order valence-electron chi connectivity index (χ2n) is 4.88. The largest absolute Gasteiger partial charge is 0.338 e. The topological polar surface area (TPSA) is 54.2 Å². The van der Waals surface area contributed by atoms with Crippen LogP contribution in [0.5, 0.6) is 0 Å². The lowest BCUT2D eigenvalue weighted by atomic mass is 10.3. The van der Waals surface area contributed by atoms with Gasteiger partial charge in [-0.25, -0.2) is 4.39 Å². The fourth-order valence-corrected chi connectivity index (χ4v) is 2.96. The van der Waals surface area contributed by atoms with Crippen molar-refractivity contribution >= 4 is 11.8 Å². The molecule has 21 heavy (non-hydrogen) atoms. The number of rotatable bonds is 5. The molecule has 1 aromatic carbocycles. The molecule has 112 valence electrons. The summed E-state index contributed by atoms with van der Waals surface area (Å²) in [5.41, 5.74) is 0. The normalized spacial score (nSPS) is 16.2. The van der Waals surface area contributed by atoms with Gasteiger partial charge in [0.05, 0.1) is 12.3 Å². The minimum Gasteiger partial charge on any atom is -0.338 e. The Labute approximate surface area is 126 Å². The fourth-order valence-electron chi connectivity index (χ4n) is 2.18. The Hall–Kier alpha value is -1.44. The lowest BCUT2D eigenvalue weighted by molar-refractivity contribution is 0.203. The summed E-state index contributed by atoms with van der Waals surface area (Å²) in [5.74, 6) is 1.64. The zero-order chi connectivity index (χ0) is 14.5. The van der Waals surface area contributed by atoms with Crippen molar-refractivity contribution in [2.45, 2.75) is 17.2 Å². The molecule has 0 atom stereocenters. The predicted octanol–water partition coefficient (Wildman–Crippen LogP) is 1.91. The van der Waals surface area contributed by atoms with Crippen LogP contribution in [0.1, 0.15) is 11.7 Å². The van der Waals surface area contributed by atoms with E-state index in [4.69, 9.17) is 4.52 Å². The van der Waals surface area contributed by atoms with Crippen LogP contribution in [-0.2, 0) is 12.3 Å². The molecule has 0 saturated carbocycles. The summed E-state index contributed by atoms with van der Waals surface area (Å²) >= 11 is 1.50. The molecule has 0 aliphatic carbocycles. The van der Waals surface area contributed by atoms with Crippen molar-refractivity contribution in [2.75, 3.05) is 26.2 Å². The number of hydrogen-bond acceptors (Lipinski definition) is 6. The third-order valence-corrected chi connectivity index (χ3v) is 4.23. The average Bonchev–Trinajstić information content (AvgIpc) is 2.94. The van der Waals surface area contributed by atoms with E-state index in [-0.39, 0.29) is 5.82 Å². The standard InChI is InChI=1S/C14H17FN4OS/c15-11-2-1-3-12(8-11)21-10-13-17-14(20-18-13)9-19-6-4-16-5-7-19/h1-3,8,16H,4-7,9-10H2. The van der Waals surface area contributed by atoms with Gasteiger partial charge in [-0.1, -0.05) is 11.2 Å². The third-order valence-electron chi connectivity index (χ3n) is 3.24. The van der Waals surface area contributed by atoms with Crippen molar-refractivity contribution < 1.29 is 8.91 Å². The van der Waals surface area contributed by atoms with Crippen molar-refractivity contribution in [3.8, 4) is 0 Å². The fraction of sp³-hybridized carbons (Fsp3) is 0.429. The maximum Gasteiger partial charge on any atom is 0.240 e. The highest BCUT2D eigenvalue weighted by atomic mass is 32.2. The van der Waals surface area contributed by atoms with Crippen LogP contribution in [0.4, 0.5) is 4.39 Å². The molecule has 1 N–H and O–H groups in total. The average molecular weight is 308 g/mol. The van der Waals surface area contributed by atoms with Crippen LogP contribution in [0, 0.1) is 5.82 Å². The van der Waals surface area contributed by atoms with E-state index >= 15 is 0 Å². The molecule has 0 radical (unpaired) electrons. The summed E-state index contributed by atoms with van der Waals surface area (Å²) in [6.45, 7) is 4.68. The molecule has 1 fully saturated rings. The van der Waals surface area contributed by atoms with Crippen molar-refractivity contribution in [1.82, 2.24) is 20.4 Å². The van der Waals surface area contributed by atoms with Gasteiger partial charge >= 0.3 is 0 Å². The zero-order valence-corrected chi connectivity index (χ0v) is 12.4. The summed E-state index contributed by atoms with van der Waals surface area (Å²) in [4.78, 5) is 7.54. The first kappa shape index (κ1) is 14.5. The summed E-state index contributed by atoms with van der Waals surface area (Å²) in [5, 5.41) is 7.28. The Morgan fingerprint density at radius 1 is 1.33 bits per heavy atom. The van der Waals surface area contributed by atoms with Crippen LogP contribution < -0.4 is 5.32 Å². The highest BCUT2D eigenvalue weighted by molar-refractivity contribution is 7.98. The Morgan fingerprint density at radius 2 is 2.19 bits per heavy atom. The van der Waals surface area contributed by atoms with E-state index in [1.807, 2.05) is 6.07 Å². The molecule has 2 heterocycles. The third kappa shape index (κ3) is 4.26. The summed E-state index contributed by atoms with van der Waals surface area (Å²) < 4.78 is 18.4. The van der Waals surface area contributed by atoms with Crippen LogP contribution in [0.3, 0.4) is 0 Å². The Morgan fingerprint density at radius 3 is 3.00 bits per heavy atom. The van der Waals surface area contributed by atoms with Gasteiger partial charge in [-0.05, 0) is 18.2 Å². The number of halogens is 1. The van der Waals surface area contributed by atoms with Crippen LogP contribution in [-0.4, -0.2) is 41.2 Å². The first-order valence-electron chi connectivity index (χ1n) is 6.92. The molecule has 1 aliphatic heterocycles. The minimum atomic E-state index is -0.229. The second-order valence-corrected chi connectivity index (χ2v) is 5.93. The van der Waals surface area contributed by atoms with Gasteiger partial charge in [0.2, 0.25) is 5.89 Å². The van der Waals surface area contributed by atoms with E-state index < -0.39 is 0 Å². The van der Waals surface area contributed by atoms with Gasteiger partial charge < -0.3 is 9.84 Å². The molecule has 1 saturated heterocycles. The Bertz CT molecular complexity index is 586. The lowest BCUT2D eigenvalue weighted by Crippen LogP contribution is -2.42. The van der Waals surface area contributed by atoms with E-state index in [1.165, 1.54) is 23.9 Å². The van der Waals surface area contributed by atoms with E-state index in [2.05, 4.69) is 20.4 Å². The maximum atomic E-state index is 13.1. The molecular formula is C14H17FN4OS. The van der Waals surface area contributed by atoms with E-state index in [0.717, 1.165) is 31.1 Å². The molecule has 0 bridgehead atoms. The van der Waals surface area contributed by atoms with Gasteiger partial charge in [0.25, 0.3) is 0 Å². The number of hydrogen-bond donors (Lipinski definition) is 1. The highest BCUT2D eigenvalue weighted by Crippen LogP contribution is 2.22. The van der Waals surface area contributed by atoms with E-state index in [1.54, 1.807) is 6.07 Å². The maximum absolute atomic E-state index is 13.1. The number of aromatic nitrogens is 2. The number of piperazine rings is 1. The molecule has 0 spiro atoms. The van der Waals surface area contributed by atoms with Gasteiger partial charge in [-0.2, -0.15) is 4.98 Å². The van der Waals surface area contributed by atoms with Crippen LogP contribution >= 0.6 is 11.8 Å². The van der Waals surface area contributed by atoms with Gasteiger partial charge in [-0.15, -0.1) is 11.8 Å². The molecular weight excluding hydrogens is 291 g/mol. The lowest BCUT2D eigenvalue weighted by Gasteiger charge is -2.25. The van der Waals surface area contributed by atoms with E-state index in [9.17, 15) is 4.39 Å². The molecule has 7 heteroatoms. The molecule has 0 unspecified atom stereocenters. The molecule has 2 aromatic rings. The first-order chi connectivity index (χ1) is 10.3. The van der Waals surface area contributed by atoms with Gasteiger partial charge in [0.15, 0.2) is 5.82 Å². The van der Waals surface area contributed by atoms with Crippen LogP contribution in [0.15, 0.2) is 33.7 Å². The monoisotopic (exact) mass is 308 g/mol. The van der Waals surface area contributed by atoms with E-state index in [0.29, 0.717) is 24.0 Å². The van der Waals surface area contributed by atoms with Crippen molar-refractivity contribution in [1.29, 1.82) is 0 Å². The smallest absolute Gasteiger partial charge is 0.240 e. The predicted molar refractivity (Wildman–Crippen MR) is 78.4 cm³/mol. The Kier molecular flexibility index (Phi) is 4.84. The first-order valence-corrected chi connectivity index (χ1v) is 7.91. The molecule has 0 amide bonds. The number of benzene rings is 1. The number of thioether (sulfide) groups is 1. The molecule has 5 nitrogen and oxygen atoms in total. The van der Waals surface area contributed by atoms with Crippen molar-refractivity contribution in [3.63, 3.8) is 0 Å². The quantitative estimate of drug-likeness (QED) is 0.852. The number of nitrogens with one attached hydrogen (secondary N) is 1. The minimum absolute atomic E-state index is 0.229. The zero-order valence-electron chi connectivity index (χ0n) is 11.6. The van der Waals surface area contributed by atoms with Gasteiger partial charge in [-0.3, -0.25) is 4.90 Å². The Balaban J connectivity index is 1.52. The van der Waals surface area contributed by atoms with Gasteiger partial charge in [0, 0.05) is 31.1 Å². The van der Waals surface area contributed by atoms with Crippen LogP contribution in [0.25, 0.3) is 0 Å². The summed E-state index contributed by atoms with van der Waals surface area (Å²) in [6, 6.07) is 6.51. The molecule has 1 aromatic heterocycles. The molecule has 3 rings (SSSR count).